The van der Waals surface area contributed by atoms with E-state index in [-0.39, 0.29) is 17.8 Å². The molecule has 0 saturated carbocycles. The van der Waals surface area contributed by atoms with Crippen molar-refractivity contribution in [3.8, 4) is 11.5 Å². The number of benzene rings is 1. The van der Waals surface area contributed by atoms with Gasteiger partial charge in [0.05, 0.1) is 13.2 Å². The number of hydrogen-bond acceptors (Lipinski definition) is 4. The van der Waals surface area contributed by atoms with E-state index < -0.39 is 0 Å². The molecule has 1 aliphatic carbocycles. The van der Waals surface area contributed by atoms with Gasteiger partial charge in [0.1, 0.15) is 0 Å². The van der Waals surface area contributed by atoms with Crippen LogP contribution in [-0.4, -0.2) is 40.9 Å². The maximum absolute atomic E-state index is 10.4. The van der Waals surface area contributed by atoms with Crippen LogP contribution in [-0.2, 0) is 6.54 Å². The predicted molar refractivity (Wildman–Crippen MR) is 74.9 cm³/mol. The third kappa shape index (κ3) is 1.55. The zero-order valence-corrected chi connectivity index (χ0v) is 11.5. The van der Waals surface area contributed by atoms with Crippen molar-refractivity contribution in [3.63, 3.8) is 0 Å². The van der Waals surface area contributed by atoms with E-state index in [1.54, 1.807) is 13.2 Å². The molecule has 0 radical (unpaired) electrons. The second-order valence-corrected chi connectivity index (χ2v) is 6.00. The van der Waals surface area contributed by atoms with Crippen LogP contribution in [0.1, 0.15) is 29.9 Å². The summed E-state index contributed by atoms with van der Waals surface area (Å²) in [6.07, 6.45) is 3.66. The molecule has 1 aromatic carbocycles. The van der Waals surface area contributed by atoms with Crippen LogP contribution in [0.3, 0.4) is 0 Å². The molecule has 3 atom stereocenters. The van der Waals surface area contributed by atoms with Gasteiger partial charge in [0.25, 0.3) is 0 Å². The molecule has 0 unspecified atom stereocenters. The lowest BCUT2D eigenvalue weighted by Gasteiger charge is -2.43. The van der Waals surface area contributed by atoms with Gasteiger partial charge in [-0.05, 0) is 36.1 Å². The summed E-state index contributed by atoms with van der Waals surface area (Å²) in [6, 6.07) is 4.03. The van der Waals surface area contributed by atoms with E-state index in [0.29, 0.717) is 11.8 Å². The molecule has 1 saturated heterocycles. The summed E-state index contributed by atoms with van der Waals surface area (Å²) in [4.78, 5) is 2.44. The van der Waals surface area contributed by atoms with E-state index in [2.05, 4.69) is 11.0 Å². The summed E-state index contributed by atoms with van der Waals surface area (Å²) in [5.41, 5.74) is 3.72. The SMILES string of the molecule is COc1cc2c(cc1O)[C@@H]1[C@H](O)CC=C3CCN(C2)[C@H]31. The number of ether oxygens (including phenoxy) is 1. The number of methoxy groups -OCH3 is 1. The van der Waals surface area contributed by atoms with Crippen LogP contribution in [0, 0.1) is 0 Å². The first kappa shape index (κ1) is 12.2. The molecule has 3 aliphatic rings. The molecule has 20 heavy (non-hydrogen) atoms. The van der Waals surface area contributed by atoms with Gasteiger partial charge in [-0.25, -0.2) is 0 Å². The highest BCUT2D eigenvalue weighted by molar-refractivity contribution is 5.51. The van der Waals surface area contributed by atoms with Crippen LogP contribution in [0.25, 0.3) is 0 Å². The molecule has 0 spiro atoms. The summed E-state index contributed by atoms with van der Waals surface area (Å²) in [5, 5.41) is 20.5. The number of phenols is 1. The molecule has 4 heteroatoms. The lowest BCUT2D eigenvalue weighted by atomic mass is 9.74. The van der Waals surface area contributed by atoms with Gasteiger partial charge in [-0.2, -0.15) is 0 Å². The van der Waals surface area contributed by atoms with Crippen LogP contribution in [0.2, 0.25) is 0 Å². The normalized spacial score (nSPS) is 31.5. The van der Waals surface area contributed by atoms with Gasteiger partial charge >= 0.3 is 0 Å². The van der Waals surface area contributed by atoms with Crippen molar-refractivity contribution in [1.29, 1.82) is 0 Å². The Kier molecular flexibility index (Phi) is 2.59. The van der Waals surface area contributed by atoms with E-state index >= 15 is 0 Å². The Hall–Kier alpha value is -1.52. The zero-order chi connectivity index (χ0) is 13.9. The van der Waals surface area contributed by atoms with Gasteiger partial charge in [-0.3, -0.25) is 4.90 Å². The molecule has 1 fully saturated rings. The Balaban J connectivity index is 1.87. The molecular formula is C16H19NO3. The summed E-state index contributed by atoms with van der Waals surface area (Å²) in [6.45, 7) is 1.93. The minimum absolute atomic E-state index is 0.0815. The van der Waals surface area contributed by atoms with Crippen molar-refractivity contribution >= 4 is 0 Å². The number of nitrogens with zero attached hydrogens (tertiary/aromatic N) is 1. The van der Waals surface area contributed by atoms with Gasteiger partial charge in [-0.1, -0.05) is 11.6 Å². The minimum Gasteiger partial charge on any atom is -0.504 e. The highest BCUT2D eigenvalue weighted by Gasteiger charge is 2.45. The van der Waals surface area contributed by atoms with Gasteiger partial charge in [0.2, 0.25) is 0 Å². The van der Waals surface area contributed by atoms with Crippen LogP contribution < -0.4 is 4.74 Å². The summed E-state index contributed by atoms with van der Waals surface area (Å²) in [5.74, 6) is 0.765. The molecule has 4 rings (SSSR count). The number of aliphatic hydroxyl groups excluding tert-OH is 1. The van der Waals surface area contributed by atoms with E-state index in [1.165, 1.54) is 11.1 Å². The fraction of sp³-hybridized carbons (Fsp3) is 0.500. The first-order valence-electron chi connectivity index (χ1n) is 7.20. The molecule has 2 aliphatic heterocycles. The van der Waals surface area contributed by atoms with E-state index in [4.69, 9.17) is 4.74 Å². The number of fused-ring (bicyclic) bond motifs is 2. The Bertz CT molecular complexity index is 596. The van der Waals surface area contributed by atoms with E-state index in [0.717, 1.165) is 31.5 Å². The maximum Gasteiger partial charge on any atom is 0.160 e. The van der Waals surface area contributed by atoms with Crippen molar-refractivity contribution in [2.24, 2.45) is 0 Å². The molecule has 2 heterocycles. The monoisotopic (exact) mass is 273 g/mol. The highest BCUT2D eigenvalue weighted by atomic mass is 16.5. The third-order valence-corrected chi connectivity index (χ3v) is 5.01. The van der Waals surface area contributed by atoms with E-state index in [1.807, 2.05) is 6.07 Å². The zero-order valence-electron chi connectivity index (χ0n) is 11.5. The highest BCUT2D eigenvalue weighted by Crippen LogP contribution is 2.48. The van der Waals surface area contributed by atoms with Crippen molar-refractivity contribution in [2.45, 2.75) is 37.5 Å². The Morgan fingerprint density at radius 3 is 3.00 bits per heavy atom. The van der Waals surface area contributed by atoms with Gasteiger partial charge in [-0.15, -0.1) is 0 Å². The molecule has 4 nitrogen and oxygen atoms in total. The average molecular weight is 273 g/mol. The fourth-order valence-corrected chi connectivity index (χ4v) is 4.11. The van der Waals surface area contributed by atoms with Crippen LogP contribution in [0.4, 0.5) is 0 Å². The van der Waals surface area contributed by atoms with Crippen molar-refractivity contribution < 1.29 is 14.9 Å². The van der Waals surface area contributed by atoms with Crippen molar-refractivity contribution in [2.75, 3.05) is 13.7 Å². The smallest absolute Gasteiger partial charge is 0.160 e. The van der Waals surface area contributed by atoms with Gasteiger partial charge < -0.3 is 14.9 Å². The maximum atomic E-state index is 10.4. The standard InChI is InChI=1S/C16H19NO3/c1-20-14-6-10-8-17-5-4-9-2-3-12(18)15(16(9)17)11(10)7-13(14)19/h2,6-7,12,15-16,18-19H,3-5,8H2,1H3/t12-,15-,16-/m1/s1. The first-order valence-corrected chi connectivity index (χ1v) is 7.20. The van der Waals surface area contributed by atoms with E-state index in [9.17, 15) is 10.2 Å². The summed E-state index contributed by atoms with van der Waals surface area (Å²) >= 11 is 0. The summed E-state index contributed by atoms with van der Waals surface area (Å²) in [7, 11) is 1.57. The minimum atomic E-state index is -0.365. The average Bonchev–Trinajstić information content (AvgIpc) is 2.85. The van der Waals surface area contributed by atoms with Gasteiger partial charge in [0.15, 0.2) is 11.5 Å². The Labute approximate surface area is 118 Å². The van der Waals surface area contributed by atoms with Crippen LogP contribution in [0.5, 0.6) is 11.5 Å². The third-order valence-electron chi connectivity index (χ3n) is 5.01. The Morgan fingerprint density at radius 2 is 2.20 bits per heavy atom. The molecule has 0 amide bonds. The predicted octanol–water partition coefficient (Wildman–Crippen LogP) is 1.76. The largest absolute Gasteiger partial charge is 0.504 e. The quantitative estimate of drug-likeness (QED) is 0.766. The Morgan fingerprint density at radius 1 is 1.35 bits per heavy atom. The fourth-order valence-electron chi connectivity index (χ4n) is 4.11. The van der Waals surface area contributed by atoms with Gasteiger partial charge in [0, 0.05) is 25.0 Å². The van der Waals surface area contributed by atoms with Crippen LogP contribution >= 0.6 is 0 Å². The topological polar surface area (TPSA) is 52.9 Å². The molecule has 0 bridgehead atoms. The second-order valence-electron chi connectivity index (χ2n) is 6.00. The van der Waals surface area contributed by atoms with Crippen molar-refractivity contribution in [3.05, 3.63) is 34.9 Å². The summed E-state index contributed by atoms with van der Waals surface area (Å²) < 4.78 is 5.21. The van der Waals surface area contributed by atoms with Crippen molar-refractivity contribution in [1.82, 2.24) is 4.90 Å². The molecule has 106 valence electrons. The van der Waals surface area contributed by atoms with Crippen LogP contribution in [0.15, 0.2) is 23.8 Å². The number of hydrogen-bond donors (Lipinski definition) is 2. The number of phenolic OH excluding ortho intramolecular Hbond substituents is 1. The number of aliphatic hydroxyl groups is 1. The number of aromatic hydroxyl groups is 1. The number of rotatable bonds is 1. The molecule has 1 aromatic rings. The lowest BCUT2D eigenvalue weighted by molar-refractivity contribution is 0.0828. The molecule has 2 N–H and O–H groups in total. The first-order chi connectivity index (χ1) is 9.69. The molecule has 0 aromatic heterocycles. The molecular weight excluding hydrogens is 254 g/mol. The second kappa shape index (κ2) is 4.24. The lowest BCUT2D eigenvalue weighted by Crippen LogP contribution is -2.45.